The molecule has 0 amide bonds. The van der Waals surface area contributed by atoms with Crippen LogP contribution in [0.3, 0.4) is 0 Å². The summed E-state index contributed by atoms with van der Waals surface area (Å²) in [6.07, 6.45) is 2.19. The molecule has 1 aromatic heterocycles. The minimum absolute atomic E-state index is 0.374. The number of nitrogens with zero attached hydrogens (tertiary/aromatic N) is 3. The van der Waals surface area contributed by atoms with Crippen LogP contribution in [0.25, 0.3) is 11.1 Å². The van der Waals surface area contributed by atoms with Gasteiger partial charge in [-0.3, -0.25) is 4.98 Å². The number of ether oxygens (including phenoxy) is 1. The molecule has 0 radical (unpaired) electrons. The molecule has 0 spiro atoms. The van der Waals surface area contributed by atoms with E-state index in [-0.39, 0.29) is 0 Å². The molecule has 1 aliphatic rings. The van der Waals surface area contributed by atoms with Gasteiger partial charge in [0.2, 0.25) is 0 Å². The Morgan fingerprint density at radius 3 is 2.63 bits per heavy atom. The molecule has 5 nitrogen and oxygen atoms in total. The lowest BCUT2D eigenvalue weighted by Gasteiger charge is -2.35. The van der Waals surface area contributed by atoms with E-state index < -0.39 is 6.23 Å². The highest BCUT2D eigenvalue weighted by molar-refractivity contribution is 5.85. The number of aryl methyl sites for hydroxylation is 1. The number of rotatable bonds is 6. The molecule has 3 rings (SSSR count). The van der Waals surface area contributed by atoms with Gasteiger partial charge in [-0.2, -0.15) is 0 Å². The number of likely N-dealkylation sites (N-methyl/N-ethyl adjacent to an activating group) is 1. The van der Waals surface area contributed by atoms with Crippen molar-refractivity contribution in [1.29, 1.82) is 0 Å². The van der Waals surface area contributed by atoms with Gasteiger partial charge in [0.25, 0.3) is 0 Å². The van der Waals surface area contributed by atoms with Crippen LogP contribution in [0.4, 0.5) is 5.69 Å². The fourth-order valence-electron chi connectivity index (χ4n) is 3.75. The average Bonchev–Trinajstić information content (AvgIpc) is 2.62. The Bertz CT molecular complexity index is 804. The second-order valence-electron chi connectivity index (χ2n) is 8.08. The molecule has 0 saturated carbocycles. The first-order chi connectivity index (χ1) is 12.8. The molecule has 5 heteroatoms. The Morgan fingerprint density at radius 1 is 1.22 bits per heavy atom. The molecule has 1 aromatic carbocycles. The van der Waals surface area contributed by atoms with Crippen molar-refractivity contribution < 1.29 is 9.84 Å². The topological polar surface area (TPSA) is 48.8 Å². The minimum Gasteiger partial charge on any atom is -0.492 e. The first-order valence-corrected chi connectivity index (χ1v) is 9.59. The lowest BCUT2D eigenvalue weighted by molar-refractivity contribution is 0.164. The van der Waals surface area contributed by atoms with E-state index in [0.717, 1.165) is 40.2 Å². The standard InChI is InChI=1S/C22H31N3O2/c1-14(2)11-16(24(4)5)13-27-17-7-8-18-19-9-10-23-15(3)21(19)22(26)25(6)20(18)12-17/h7-10,12,14,16,22,26H,11,13H2,1-6H3. The summed E-state index contributed by atoms with van der Waals surface area (Å²) in [5.74, 6) is 1.46. The Kier molecular flexibility index (Phi) is 5.72. The summed E-state index contributed by atoms with van der Waals surface area (Å²) >= 11 is 0. The van der Waals surface area contributed by atoms with E-state index in [1.54, 1.807) is 6.20 Å². The van der Waals surface area contributed by atoms with Gasteiger partial charge in [-0.1, -0.05) is 13.8 Å². The molecular formula is C22H31N3O2. The number of anilines is 1. The van der Waals surface area contributed by atoms with Gasteiger partial charge in [-0.25, -0.2) is 0 Å². The summed E-state index contributed by atoms with van der Waals surface area (Å²) in [5.41, 5.74) is 4.86. The minimum atomic E-state index is -0.702. The third-order valence-corrected chi connectivity index (χ3v) is 5.37. The van der Waals surface area contributed by atoms with Crippen molar-refractivity contribution in [3.8, 4) is 16.9 Å². The van der Waals surface area contributed by atoms with Crippen molar-refractivity contribution in [3.63, 3.8) is 0 Å². The Hall–Kier alpha value is -2.11. The summed E-state index contributed by atoms with van der Waals surface area (Å²) in [6.45, 7) is 7.06. The molecule has 2 heterocycles. The lowest BCUT2D eigenvalue weighted by Crippen LogP contribution is -2.35. The molecule has 1 aliphatic heterocycles. The Labute approximate surface area is 162 Å². The molecule has 27 heavy (non-hydrogen) atoms. The zero-order valence-electron chi connectivity index (χ0n) is 17.2. The van der Waals surface area contributed by atoms with Crippen molar-refractivity contribution in [2.45, 2.75) is 39.5 Å². The van der Waals surface area contributed by atoms with Gasteiger partial charge in [0.1, 0.15) is 12.4 Å². The summed E-state index contributed by atoms with van der Waals surface area (Å²) < 4.78 is 6.13. The van der Waals surface area contributed by atoms with Crippen molar-refractivity contribution >= 4 is 5.69 Å². The maximum atomic E-state index is 10.8. The molecule has 2 unspecified atom stereocenters. The molecule has 0 aliphatic carbocycles. The second kappa shape index (κ2) is 7.87. The molecule has 146 valence electrons. The summed E-state index contributed by atoms with van der Waals surface area (Å²) in [4.78, 5) is 8.45. The normalized spacial score (nSPS) is 17.1. The average molecular weight is 370 g/mol. The van der Waals surface area contributed by atoms with Gasteiger partial charge in [0.05, 0.1) is 5.69 Å². The predicted octanol–water partition coefficient (Wildman–Crippen LogP) is 3.85. The van der Waals surface area contributed by atoms with Crippen LogP contribution in [0.5, 0.6) is 5.75 Å². The number of aromatic nitrogens is 1. The van der Waals surface area contributed by atoms with Gasteiger partial charge in [0, 0.05) is 42.2 Å². The summed E-state index contributed by atoms with van der Waals surface area (Å²) in [6, 6.07) is 8.48. The van der Waals surface area contributed by atoms with Crippen LogP contribution in [-0.4, -0.2) is 48.8 Å². The van der Waals surface area contributed by atoms with E-state index in [1.165, 1.54) is 0 Å². The van der Waals surface area contributed by atoms with Gasteiger partial charge < -0.3 is 19.6 Å². The number of hydrogen-bond acceptors (Lipinski definition) is 5. The van der Waals surface area contributed by atoms with Crippen LogP contribution < -0.4 is 9.64 Å². The first-order valence-electron chi connectivity index (χ1n) is 9.59. The zero-order chi connectivity index (χ0) is 19.7. The summed E-state index contributed by atoms with van der Waals surface area (Å²) in [7, 11) is 6.10. The predicted molar refractivity (Wildman–Crippen MR) is 110 cm³/mol. The molecule has 2 aromatic rings. The van der Waals surface area contributed by atoms with E-state index in [0.29, 0.717) is 18.6 Å². The SMILES string of the molecule is Cc1nccc2c1C(O)N(C)c1cc(OCC(CC(C)C)N(C)C)ccc1-2. The van der Waals surface area contributed by atoms with Crippen LogP contribution >= 0.6 is 0 Å². The zero-order valence-corrected chi connectivity index (χ0v) is 17.2. The molecule has 0 fully saturated rings. The van der Waals surface area contributed by atoms with E-state index >= 15 is 0 Å². The van der Waals surface area contributed by atoms with E-state index in [2.05, 4.69) is 43.9 Å². The third-order valence-electron chi connectivity index (χ3n) is 5.37. The number of fused-ring (bicyclic) bond motifs is 3. The second-order valence-corrected chi connectivity index (χ2v) is 8.08. The molecule has 2 atom stereocenters. The highest BCUT2D eigenvalue weighted by Gasteiger charge is 2.29. The van der Waals surface area contributed by atoms with Crippen LogP contribution in [-0.2, 0) is 0 Å². The van der Waals surface area contributed by atoms with E-state index in [4.69, 9.17) is 4.74 Å². The molecule has 0 bridgehead atoms. The summed E-state index contributed by atoms with van der Waals surface area (Å²) in [5, 5.41) is 10.8. The molecular weight excluding hydrogens is 338 g/mol. The highest BCUT2D eigenvalue weighted by atomic mass is 16.5. The van der Waals surface area contributed by atoms with Crippen molar-refractivity contribution in [2.24, 2.45) is 5.92 Å². The molecule has 0 saturated heterocycles. The van der Waals surface area contributed by atoms with Crippen LogP contribution in [0.2, 0.25) is 0 Å². The number of aliphatic hydroxyl groups is 1. The van der Waals surface area contributed by atoms with E-state index in [9.17, 15) is 5.11 Å². The van der Waals surface area contributed by atoms with Crippen LogP contribution in [0, 0.1) is 12.8 Å². The number of hydrogen-bond donors (Lipinski definition) is 1. The van der Waals surface area contributed by atoms with Crippen LogP contribution in [0.15, 0.2) is 30.5 Å². The monoisotopic (exact) mass is 369 g/mol. The van der Waals surface area contributed by atoms with Crippen molar-refractivity contribution in [1.82, 2.24) is 9.88 Å². The van der Waals surface area contributed by atoms with Crippen LogP contribution in [0.1, 0.15) is 37.8 Å². The number of aliphatic hydroxyl groups excluding tert-OH is 1. The molecule has 1 N–H and O–H groups in total. The Morgan fingerprint density at radius 2 is 1.96 bits per heavy atom. The van der Waals surface area contributed by atoms with Crippen molar-refractivity contribution in [2.75, 3.05) is 32.6 Å². The quantitative estimate of drug-likeness (QED) is 0.838. The highest BCUT2D eigenvalue weighted by Crippen LogP contribution is 2.44. The Balaban J connectivity index is 1.87. The smallest absolute Gasteiger partial charge is 0.155 e. The maximum absolute atomic E-state index is 10.8. The van der Waals surface area contributed by atoms with E-state index in [1.807, 2.05) is 37.1 Å². The third kappa shape index (κ3) is 3.94. The fourth-order valence-corrected chi connectivity index (χ4v) is 3.75. The lowest BCUT2D eigenvalue weighted by atomic mass is 9.92. The number of benzene rings is 1. The first kappa shape index (κ1) is 19.6. The van der Waals surface area contributed by atoms with Gasteiger partial charge in [-0.15, -0.1) is 0 Å². The fraction of sp³-hybridized carbons (Fsp3) is 0.500. The maximum Gasteiger partial charge on any atom is 0.155 e. The van der Waals surface area contributed by atoms with Gasteiger partial charge >= 0.3 is 0 Å². The largest absolute Gasteiger partial charge is 0.492 e. The number of pyridine rings is 1. The van der Waals surface area contributed by atoms with Crippen molar-refractivity contribution in [3.05, 3.63) is 41.7 Å². The van der Waals surface area contributed by atoms with Gasteiger partial charge in [-0.05, 0) is 57.1 Å². The van der Waals surface area contributed by atoms with Gasteiger partial charge in [0.15, 0.2) is 6.23 Å².